The molecule has 0 bridgehead atoms. The predicted molar refractivity (Wildman–Crippen MR) is 84.2 cm³/mol. The van der Waals surface area contributed by atoms with E-state index in [-0.39, 0.29) is 0 Å². The van der Waals surface area contributed by atoms with Gasteiger partial charge in [-0.05, 0) is 30.9 Å². The monoisotopic (exact) mass is 283 g/mol. The Morgan fingerprint density at radius 1 is 1.33 bits per heavy atom. The van der Waals surface area contributed by atoms with Crippen molar-refractivity contribution in [3.8, 4) is 5.69 Å². The third-order valence-electron chi connectivity index (χ3n) is 3.89. The second kappa shape index (κ2) is 6.43. The van der Waals surface area contributed by atoms with E-state index in [9.17, 15) is 0 Å². The van der Waals surface area contributed by atoms with Crippen LogP contribution in [0.1, 0.15) is 24.8 Å². The van der Waals surface area contributed by atoms with E-state index in [1.807, 2.05) is 47.4 Å². The first-order chi connectivity index (χ1) is 10.3. The van der Waals surface area contributed by atoms with Crippen molar-refractivity contribution in [3.05, 3.63) is 48.3 Å². The molecule has 1 heterocycles. The number of nitrogens with two attached hydrogens (primary N) is 1. The Morgan fingerprint density at radius 2 is 2.14 bits per heavy atom. The predicted octanol–water partition coefficient (Wildman–Crippen LogP) is 2.08. The summed E-state index contributed by atoms with van der Waals surface area (Å²) >= 11 is 0. The number of nitrogens with zero attached hydrogens (tertiary/aromatic N) is 3. The minimum Gasteiger partial charge on any atom is -0.370 e. The number of rotatable bonds is 5. The van der Waals surface area contributed by atoms with E-state index < -0.39 is 0 Å². The first kappa shape index (κ1) is 13.7. The zero-order chi connectivity index (χ0) is 14.5. The lowest BCUT2D eigenvalue weighted by molar-refractivity contribution is 0.315. The molecule has 1 aromatic heterocycles. The first-order valence-corrected chi connectivity index (χ1v) is 7.44. The highest BCUT2D eigenvalue weighted by Crippen LogP contribution is 2.24. The summed E-state index contributed by atoms with van der Waals surface area (Å²) < 4.78 is 1.85. The number of para-hydroxylation sites is 1. The Kier molecular flexibility index (Phi) is 4.19. The Balaban J connectivity index is 1.54. The van der Waals surface area contributed by atoms with Crippen LogP contribution in [0.15, 0.2) is 47.7 Å². The van der Waals surface area contributed by atoms with Gasteiger partial charge in [0.1, 0.15) is 0 Å². The van der Waals surface area contributed by atoms with Crippen molar-refractivity contribution >= 4 is 5.96 Å². The molecular weight excluding hydrogens is 262 g/mol. The molecule has 0 aliphatic heterocycles. The van der Waals surface area contributed by atoms with E-state index in [2.05, 4.69) is 15.4 Å². The molecule has 2 aromatic rings. The number of nitrogens with one attached hydrogen (secondary N) is 1. The lowest BCUT2D eigenvalue weighted by Crippen LogP contribution is -2.37. The first-order valence-electron chi connectivity index (χ1n) is 7.44. The summed E-state index contributed by atoms with van der Waals surface area (Å²) in [4.78, 5) is 4.36. The summed E-state index contributed by atoms with van der Waals surface area (Å²) in [5.74, 6) is 1.30. The van der Waals surface area contributed by atoms with Gasteiger partial charge in [0.25, 0.3) is 0 Å². The molecule has 0 saturated heterocycles. The average Bonchev–Trinajstić information content (AvgIpc) is 2.93. The van der Waals surface area contributed by atoms with Crippen molar-refractivity contribution in [2.24, 2.45) is 16.6 Å². The van der Waals surface area contributed by atoms with Gasteiger partial charge < -0.3 is 11.1 Å². The summed E-state index contributed by atoms with van der Waals surface area (Å²) in [7, 11) is 0. The topological polar surface area (TPSA) is 68.2 Å². The molecule has 5 heteroatoms. The van der Waals surface area contributed by atoms with Crippen LogP contribution in [0, 0.1) is 5.92 Å². The zero-order valence-electron chi connectivity index (χ0n) is 12.1. The summed E-state index contributed by atoms with van der Waals surface area (Å²) in [5, 5.41) is 7.54. The van der Waals surface area contributed by atoms with E-state index in [4.69, 9.17) is 5.73 Å². The van der Waals surface area contributed by atoms with Crippen LogP contribution < -0.4 is 11.1 Å². The van der Waals surface area contributed by atoms with Gasteiger partial charge in [-0.15, -0.1) is 0 Å². The van der Waals surface area contributed by atoms with Crippen molar-refractivity contribution in [1.82, 2.24) is 15.1 Å². The summed E-state index contributed by atoms with van der Waals surface area (Å²) in [6.07, 6.45) is 7.78. The van der Waals surface area contributed by atoms with Crippen molar-refractivity contribution < 1.29 is 0 Å². The summed E-state index contributed by atoms with van der Waals surface area (Å²) in [5.41, 5.74) is 7.97. The molecule has 1 aliphatic carbocycles. The normalized spacial score (nSPS) is 15.7. The third kappa shape index (κ3) is 3.62. The van der Waals surface area contributed by atoms with Gasteiger partial charge in [0.15, 0.2) is 5.96 Å². The van der Waals surface area contributed by atoms with Crippen molar-refractivity contribution in [2.75, 3.05) is 6.54 Å². The van der Waals surface area contributed by atoms with Gasteiger partial charge >= 0.3 is 0 Å². The van der Waals surface area contributed by atoms with Gasteiger partial charge in [-0.3, -0.25) is 0 Å². The molecule has 1 fully saturated rings. The van der Waals surface area contributed by atoms with Gasteiger partial charge in [0, 0.05) is 18.3 Å². The number of guanidine groups is 1. The van der Waals surface area contributed by atoms with E-state index in [1.54, 1.807) is 0 Å². The maximum Gasteiger partial charge on any atom is 0.188 e. The molecule has 1 aromatic carbocycles. The maximum atomic E-state index is 5.88. The highest BCUT2D eigenvalue weighted by atomic mass is 15.3. The number of hydrogen-bond acceptors (Lipinski definition) is 2. The van der Waals surface area contributed by atoms with E-state index >= 15 is 0 Å². The van der Waals surface area contributed by atoms with E-state index in [0.29, 0.717) is 12.5 Å². The molecule has 1 saturated carbocycles. The number of benzene rings is 1. The van der Waals surface area contributed by atoms with Crippen LogP contribution in [-0.4, -0.2) is 22.3 Å². The van der Waals surface area contributed by atoms with E-state index in [0.717, 1.165) is 23.7 Å². The van der Waals surface area contributed by atoms with Gasteiger partial charge in [-0.2, -0.15) is 5.10 Å². The summed E-state index contributed by atoms with van der Waals surface area (Å²) in [6.45, 7) is 1.49. The van der Waals surface area contributed by atoms with Crippen LogP contribution in [0.3, 0.4) is 0 Å². The highest BCUT2D eigenvalue weighted by Gasteiger charge is 2.16. The lowest BCUT2D eigenvalue weighted by atomic mass is 9.85. The van der Waals surface area contributed by atoms with Gasteiger partial charge in [0.05, 0.1) is 18.4 Å². The number of hydrogen-bond donors (Lipinski definition) is 2. The van der Waals surface area contributed by atoms with Crippen molar-refractivity contribution in [1.29, 1.82) is 0 Å². The van der Waals surface area contributed by atoms with Crippen LogP contribution in [0.5, 0.6) is 0 Å². The van der Waals surface area contributed by atoms with Gasteiger partial charge in [-0.25, -0.2) is 9.67 Å². The molecule has 0 amide bonds. The molecule has 21 heavy (non-hydrogen) atoms. The maximum absolute atomic E-state index is 5.88. The third-order valence-corrected chi connectivity index (χ3v) is 3.89. The zero-order valence-corrected chi connectivity index (χ0v) is 12.1. The summed E-state index contributed by atoms with van der Waals surface area (Å²) in [6, 6.07) is 10.0. The standard InChI is InChI=1S/C16H21N5/c17-16(18-9-13-5-4-6-13)19-10-14-11-20-21(12-14)15-7-2-1-3-8-15/h1-3,7-8,11-13H,4-6,9-10H2,(H3,17,18,19). The molecular formula is C16H21N5. The van der Waals surface area contributed by atoms with E-state index in [1.165, 1.54) is 19.3 Å². The molecule has 1 aliphatic rings. The van der Waals surface area contributed by atoms with Crippen LogP contribution >= 0.6 is 0 Å². The quantitative estimate of drug-likeness (QED) is 0.652. The minimum atomic E-state index is 0.523. The molecule has 0 unspecified atom stereocenters. The molecule has 110 valence electrons. The van der Waals surface area contributed by atoms with Crippen molar-refractivity contribution in [3.63, 3.8) is 0 Å². The molecule has 3 rings (SSSR count). The number of aliphatic imine (C=N–C) groups is 1. The Morgan fingerprint density at radius 3 is 2.86 bits per heavy atom. The van der Waals surface area contributed by atoms with Crippen LogP contribution in [0.2, 0.25) is 0 Å². The molecule has 0 radical (unpaired) electrons. The van der Waals surface area contributed by atoms with Crippen LogP contribution in [-0.2, 0) is 6.54 Å². The average molecular weight is 283 g/mol. The Bertz CT molecular complexity index is 598. The SMILES string of the molecule is NC(=NCc1cnn(-c2ccccc2)c1)NCC1CCC1. The van der Waals surface area contributed by atoms with Crippen LogP contribution in [0.25, 0.3) is 5.69 Å². The fraction of sp³-hybridized carbons (Fsp3) is 0.375. The second-order valence-electron chi connectivity index (χ2n) is 5.51. The van der Waals surface area contributed by atoms with Crippen molar-refractivity contribution in [2.45, 2.75) is 25.8 Å². The smallest absolute Gasteiger partial charge is 0.188 e. The fourth-order valence-corrected chi connectivity index (χ4v) is 2.34. The Hall–Kier alpha value is -2.30. The second-order valence-corrected chi connectivity index (χ2v) is 5.51. The Labute approximate surface area is 124 Å². The molecule has 0 spiro atoms. The van der Waals surface area contributed by atoms with Crippen LogP contribution in [0.4, 0.5) is 0 Å². The molecule has 5 nitrogen and oxygen atoms in total. The van der Waals surface area contributed by atoms with Gasteiger partial charge in [0.2, 0.25) is 0 Å². The van der Waals surface area contributed by atoms with Gasteiger partial charge in [-0.1, -0.05) is 24.6 Å². The highest BCUT2D eigenvalue weighted by molar-refractivity contribution is 5.77. The number of aromatic nitrogens is 2. The fourth-order valence-electron chi connectivity index (χ4n) is 2.34. The molecule has 0 atom stereocenters. The minimum absolute atomic E-state index is 0.523. The largest absolute Gasteiger partial charge is 0.370 e. The lowest BCUT2D eigenvalue weighted by Gasteiger charge is -2.25. The molecule has 3 N–H and O–H groups in total.